The van der Waals surface area contributed by atoms with Crippen molar-refractivity contribution in [2.75, 3.05) is 0 Å². The maximum atomic E-state index is 11.5. The molecule has 1 heterocycles. The monoisotopic (exact) mass is 283 g/mol. The summed E-state index contributed by atoms with van der Waals surface area (Å²) in [5, 5.41) is 9.41. The predicted molar refractivity (Wildman–Crippen MR) is 77.1 cm³/mol. The van der Waals surface area contributed by atoms with Gasteiger partial charge in [-0.3, -0.25) is 0 Å². The Morgan fingerprint density at radius 1 is 1.14 bits per heavy atom. The predicted octanol–water partition coefficient (Wildman–Crippen LogP) is 3.94. The second kappa shape index (κ2) is 4.72. The first-order valence-corrected chi connectivity index (χ1v) is 7.55. The second-order valence-corrected chi connectivity index (χ2v) is 6.04. The third kappa shape index (κ3) is 2.06. The smallest absolute Gasteiger partial charge is 0.358 e. The van der Waals surface area contributed by atoms with Crippen molar-refractivity contribution >= 4 is 5.97 Å². The lowest BCUT2D eigenvalue weighted by atomic mass is 10.0. The van der Waals surface area contributed by atoms with Gasteiger partial charge in [-0.2, -0.15) is 0 Å². The van der Waals surface area contributed by atoms with E-state index < -0.39 is 5.97 Å². The highest BCUT2D eigenvalue weighted by atomic mass is 16.4. The average molecular weight is 283 g/mol. The van der Waals surface area contributed by atoms with Crippen LogP contribution in [0.25, 0.3) is 11.5 Å². The average Bonchev–Trinajstić information content (AvgIpc) is 3.07. The first kappa shape index (κ1) is 12.6. The summed E-state index contributed by atoms with van der Waals surface area (Å²) in [5.41, 5.74) is 0.933. The van der Waals surface area contributed by atoms with Gasteiger partial charge in [0.05, 0.1) is 0 Å². The van der Waals surface area contributed by atoms with Crippen LogP contribution in [0.5, 0.6) is 0 Å². The topological polar surface area (TPSA) is 63.3 Å². The zero-order valence-corrected chi connectivity index (χ0v) is 11.7. The van der Waals surface area contributed by atoms with Crippen molar-refractivity contribution in [2.45, 2.75) is 31.6 Å². The van der Waals surface area contributed by atoms with Crippen LogP contribution in [0.15, 0.2) is 34.7 Å². The lowest BCUT2D eigenvalue weighted by Crippen LogP contribution is -2.01. The number of benzene rings is 1. The Morgan fingerprint density at radius 2 is 1.81 bits per heavy atom. The van der Waals surface area contributed by atoms with E-state index in [-0.39, 0.29) is 11.6 Å². The number of carbonyl (C=O) groups is 1. The van der Waals surface area contributed by atoms with Crippen LogP contribution in [0.1, 0.15) is 47.8 Å². The van der Waals surface area contributed by atoms with Gasteiger partial charge in [-0.05, 0) is 36.8 Å². The van der Waals surface area contributed by atoms with Gasteiger partial charge in [0.25, 0.3) is 0 Å². The molecule has 0 aliphatic heterocycles. The van der Waals surface area contributed by atoms with Crippen LogP contribution in [0.4, 0.5) is 0 Å². The van der Waals surface area contributed by atoms with E-state index in [1.807, 2.05) is 30.3 Å². The molecular formula is C17H17NO3. The van der Waals surface area contributed by atoms with Crippen molar-refractivity contribution in [1.29, 1.82) is 0 Å². The largest absolute Gasteiger partial charge is 0.476 e. The number of fused-ring (bicyclic) bond motifs is 1. The first-order chi connectivity index (χ1) is 10.3. The van der Waals surface area contributed by atoms with E-state index in [0.29, 0.717) is 23.5 Å². The number of carboxylic acids is 1. The van der Waals surface area contributed by atoms with Gasteiger partial charge in [-0.25, -0.2) is 9.78 Å². The summed E-state index contributed by atoms with van der Waals surface area (Å²) in [6, 6.07) is 9.50. The Labute approximate surface area is 122 Å². The fourth-order valence-corrected chi connectivity index (χ4v) is 3.80. The normalized spacial score (nSPS) is 27.1. The van der Waals surface area contributed by atoms with E-state index in [4.69, 9.17) is 4.42 Å². The number of hydrogen-bond donors (Lipinski definition) is 1. The Bertz CT molecular complexity index is 665. The molecule has 0 saturated heterocycles. The van der Waals surface area contributed by atoms with E-state index in [1.54, 1.807) is 0 Å². The molecule has 2 aliphatic carbocycles. The number of rotatable bonds is 3. The van der Waals surface area contributed by atoms with Crippen molar-refractivity contribution in [3.05, 3.63) is 41.8 Å². The third-order valence-electron chi connectivity index (χ3n) is 4.84. The fourth-order valence-electron chi connectivity index (χ4n) is 3.80. The third-order valence-corrected chi connectivity index (χ3v) is 4.84. The summed E-state index contributed by atoms with van der Waals surface area (Å²) >= 11 is 0. The van der Waals surface area contributed by atoms with Gasteiger partial charge < -0.3 is 9.52 Å². The van der Waals surface area contributed by atoms with Crippen LogP contribution in [-0.2, 0) is 0 Å². The Kier molecular flexibility index (Phi) is 2.84. The maximum absolute atomic E-state index is 11.5. The van der Waals surface area contributed by atoms with Crippen molar-refractivity contribution in [3.8, 4) is 11.5 Å². The second-order valence-electron chi connectivity index (χ2n) is 6.04. The summed E-state index contributed by atoms with van der Waals surface area (Å²) < 4.78 is 5.89. The minimum absolute atomic E-state index is 0.105. The fraction of sp³-hybridized carbons (Fsp3) is 0.412. The van der Waals surface area contributed by atoms with Gasteiger partial charge in [0.15, 0.2) is 5.69 Å². The van der Waals surface area contributed by atoms with E-state index >= 15 is 0 Å². The number of hydrogen-bond acceptors (Lipinski definition) is 3. The molecule has 1 aromatic carbocycles. The van der Waals surface area contributed by atoms with Crippen LogP contribution < -0.4 is 0 Å². The molecule has 1 aromatic heterocycles. The number of carboxylic acid groups (broad SMARTS) is 1. The van der Waals surface area contributed by atoms with Crippen LogP contribution in [-0.4, -0.2) is 16.1 Å². The van der Waals surface area contributed by atoms with Crippen LogP contribution in [0, 0.1) is 11.8 Å². The lowest BCUT2D eigenvalue weighted by molar-refractivity contribution is 0.0688. The number of aromatic carboxylic acids is 1. The standard InChI is InChI=1S/C17H17NO3/c19-17(20)14-15(13-11-8-4-5-9-12(11)13)21-16(18-14)10-6-2-1-3-7-10/h1-3,6-7,11-13H,4-5,8-9H2,(H,19,20). The van der Waals surface area contributed by atoms with Gasteiger partial charge in [-0.15, -0.1) is 0 Å². The van der Waals surface area contributed by atoms with Gasteiger partial charge in [-0.1, -0.05) is 31.0 Å². The number of nitrogens with zero attached hydrogens (tertiary/aromatic N) is 1. The van der Waals surface area contributed by atoms with Gasteiger partial charge in [0, 0.05) is 11.5 Å². The Morgan fingerprint density at radius 3 is 2.43 bits per heavy atom. The van der Waals surface area contributed by atoms with Crippen LogP contribution in [0.2, 0.25) is 0 Å². The molecule has 108 valence electrons. The molecule has 0 amide bonds. The molecule has 2 unspecified atom stereocenters. The highest BCUT2D eigenvalue weighted by Gasteiger charge is 2.54. The molecular weight excluding hydrogens is 266 g/mol. The Balaban J connectivity index is 1.73. The molecule has 2 aliphatic rings. The van der Waals surface area contributed by atoms with Crippen molar-refractivity contribution in [3.63, 3.8) is 0 Å². The first-order valence-electron chi connectivity index (χ1n) is 7.55. The van der Waals surface area contributed by atoms with Crippen molar-refractivity contribution in [2.24, 2.45) is 11.8 Å². The van der Waals surface area contributed by atoms with Crippen molar-refractivity contribution < 1.29 is 14.3 Å². The summed E-state index contributed by atoms with van der Waals surface area (Å²) in [5.74, 6) is 1.51. The van der Waals surface area contributed by atoms with Gasteiger partial charge >= 0.3 is 5.97 Å². The highest BCUT2D eigenvalue weighted by Crippen LogP contribution is 2.62. The molecule has 4 heteroatoms. The van der Waals surface area contributed by atoms with Crippen LogP contribution >= 0.6 is 0 Å². The summed E-state index contributed by atoms with van der Waals surface area (Å²) in [6.45, 7) is 0. The minimum atomic E-state index is -0.987. The quantitative estimate of drug-likeness (QED) is 0.926. The number of oxazole rings is 1. The molecule has 0 bridgehead atoms. The number of aromatic nitrogens is 1. The molecule has 4 nitrogen and oxygen atoms in total. The van der Waals surface area contributed by atoms with E-state index in [9.17, 15) is 9.90 Å². The van der Waals surface area contributed by atoms with Gasteiger partial charge in [0.2, 0.25) is 5.89 Å². The van der Waals surface area contributed by atoms with Gasteiger partial charge in [0.1, 0.15) is 5.76 Å². The van der Waals surface area contributed by atoms with E-state index in [1.165, 1.54) is 25.7 Å². The SMILES string of the molecule is O=C(O)c1nc(-c2ccccc2)oc1C1C2CCCCC21. The summed E-state index contributed by atoms with van der Waals surface area (Å²) in [6.07, 6.45) is 4.88. The molecule has 2 aromatic rings. The molecule has 0 radical (unpaired) electrons. The molecule has 2 fully saturated rings. The Hall–Kier alpha value is -2.10. The maximum Gasteiger partial charge on any atom is 0.358 e. The van der Waals surface area contributed by atoms with E-state index in [0.717, 1.165) is 5.56 Å². The van der Waals surface area contributed by atoms with E-state index in [2.05, 4.69) is 4.98 Å². The zero-order valence-electron chi connectivity index (χ0n) is 11.7. The molecule has 2 saturated carbocycles. The molecule has 21 heavy (non-hydrogen) atoms. The van der Waals surface area contributed by atoms with Crippen LogP contribution in [0.3, 0.4) is 0 Å². The minimum Gasteiger partial charge on any atom is -0.476 e. The molecule has 1 N–H and O–H groups in total. The molecule has 2 atom stereocenters. The lowest BCUT2D eigenvalue weighted by Gasteiger charge is -2.04. The highest BCUT2D eigenvalue weighted by molar-refractivity contribution is 5.87. The van der Waals surface area contributed by atoms with Crippen molar-refractivity contribution in [1.82, 2.24) is 4.98 Å². The molecule has 0 spiro atoms. The zero-order chi connectivity index (χ0) is 14.4. The molecule has 4 rings (SSSR count). The summed E-state index contributed by atoms with van der Waals surface area (Å²) in [7, 11) is 0. The summed E-state index contributed by atoms with van der Waals surface area (Å²) in [4.78, 5) is 15.7.